The van der Waals surface area contributed by atoms with E-state index < -0.39 is 0 Å². The van der Waals surface area contributed by atoms with Crippen LogP contribution in [-0.4, -0.2) is 29.9 Å². The van der Waals surface area contributed by atoms with Crippen molar-refractivity contribution in [1.29, 1.82) is 0 Å². The van der Waals surface area contributed by atoms with Crippen LogP contribution >= 0.6 is 0 Å². The van der Waals surface area contributed by atoms with Crippen LogP contribution in [0.5, 0.6) is 0 Å². The third-order valence-corrected chi connectivity index (χ3v) is 8.24. The molecule has 220 valence electrons. The average Bonchev–Trinajstić information content (AvgIpc) is 3.53. The second-order valence-electron chi connectivity index (χ2n) is 11.2. The minimum Gasteiger partial charge on any atom is -0.436 e. The standard InChI is InChI=1S/C40H24N6O/c1-3-12-25(13-4-1)37-44-38(26-14-5-2-6-15-26)46-39(45-37)28-18-11-17-27(22-28)34-30-19-8-7-16-29(30)23-41-36(34)32-24-42-35-31-20-9-10-21-33(31)47-40(35)43-32/h1-24H. The van der Waals surface area contributed by atoms with Crippen molar-refractivity contribution in [2.75, 3.05) is 0 Å². The lowest BCUT2D eigenvalue weighted by atomic mass is 9.95. The predicted octanol–water partition coefficient (Wildman–Crippen LogP) is 9.44. The van der Waals surface area contributed by atoms with Gasteiger partial charge in [-0.2, -0.15) is 0 Å². The fraction of sp³-hybridized carbons (Fsp3) is 0. The minimum absolute atomic E-state index is 0.477. The Bertz CT molecular complexity index is 2520. The Labute approximate surface area is 269 Å². The lowest BCUT2D eigenvalue weighted by molar-refractivity contribution is 0.653. The van der Waals surface area contributed by atoms with Crippen molar-refractivity contribution in [3.05, 3.63) is 146 Å². The number of fused-ring (bicyclic) bond motifs is 4. The van der Waals surface area contributed by atoms with Crippen molar-refractivity contribution in [2.45, 2.75) is 0 Å². The molecular formula is C40H24N6O. The summed E-state index contributed by atoms with van der Waals surface area (Å²) in [6, 6.07) is 44.3. The summed E-state index contributed by atoms with van der Waals surface area (Å²) in [5, 5.41) is 3.00. The zero-order chi connectivity index (χ0) is 31.2. The molecule has 0 bridgehead atoms. The first-order valence-electron chi connectivity index (χ1n) is 15.3. The van der Waals surface area contributed by atoms with E-state index in [9.17, 15) is 0 Å². The molecule has 0 N–H and O–H groups in total. The van der Waals surface area contributed by atoms with Crippen molar-refractivity contribution >= 4 is 33.0 Å². The first kappa shape index (κ1) is 26.8. The number of pyridine rings is 1. The zero-order valence-corrected chi connectivity index (χ0v) is 24.9. The molecule has 0 amide bonds. The van der Waals surface area contributed by atoms with Crippen LogP contribution in [0.1, 0.15) is 0 Å². The molecule has 5 aromatic carbocycles. The number of aromatic nitrogens is 6. The SMILES string of the molecule is c1ccc(-c2nc(-c3ccccc3)nc(-c3cccc(-c4c(-c5cnc6c(n5)oc5ccccc56)ncc5ccccc45)c3)n2)cc1. The van der Waals surface area contributed by atoms with Gasteiger partial charge in [-0.15, -0.1) is 0 Å². The van der Waals surface area contributed by atoms with Gasteiger partial charge < -0.3 is 4.42 Å². The number of nitrogens with zero attached hydrogens (tertiary/aromatic N) is 6. The van der Waals surface area contributed by atoms with E-state index in [2.05, 4.69) is 24.3 Å². The molecular weight excluding hydrogens is 580 g/mol. The highest BCUT2D eigenvalue weighted by Crippen LogP contribution is 2.38. The number of hydrogen-bond acceptors (Lipinski definition) is 7. The van der Waals surface area contributed by atoms with E-state index in [0.29, 0.717) is 34.6 Å². The Balaban J connectivity index is 1.24. The Kier molecular flexibility index (Phi) is 6.31. The molecule has 0 saturated carbocycles. The molecule has 0 fully saturated rings. The largest absolute Gasteiger partial charge is 0.436 e. The van der Waals surface area contributed by atoms with Gasteiger partial charge in [-0.25, -0.2) is 24.9 Å². The molecule has 4 heterocycles. The van der Waals surface area contributed by atoms with Crippen LogP contribution in [0, 0.1) is 0 Å². The van der Waals surface area contributed by atoms with E-state index in [1.54, 1.807) is 6.20 Å². The Morgan fingerprint density at radius 2 is 1.04 bits per heavy atom. The van der Waals surface area contributed by atoms with E-state index in [-0.39, 0.29) is 0 Å². The molecule has 0 radical (unpaired) electrons. The van der Waals surface area contributed by atoms with Crippen LogP contribution in [0.25, 0.3) is 89.7 Å². The van der Waals surface area contributed by atoms with Gasteiger partial charge in [0.25, 0.3) is 0 Å². The number of furan rings is 1. The normalized spacial score (nSPS) is 11.4. The number of hydrogen-bond donors (Lipinski definition) is 0. The zero-order valence-electron chi connectivity index (χ0n) is 24.9. The van der Waals surface area contributed by atoms with Crippen LogP contribution in [0.2, 0.25) is 0 Å². The maximum absolute atomic E-state index is 6.10. The molecule has 9 aromatic rings. The third-order valence-electron chi connectivity index (χ3n) is 8.24. The number of para-hydroxylation sites is 1. The Hall–Kier alpha value is -6.60. The van der Waals surface area contributed by atoms with Gasteiger partial charge in [-0.3, -0.25) is 4.98 Å². The molecule has 0 atom stereocenters. The fourth-order valence-electron chi connectivity index (χ4n) is 6.00. The topological polar surface area (TPSA) is 90.5 Å². The first-order chi connectivity index (χ1) is 23.3. The molecule has 7 nitrogen and oxygen atoms in total. The third kappa shape index (κ3) is 4.78. The number of rotatable bonds is 5. The maximum Gasteiger partial charge on any atom is 0.246 e. The lowest BCUT2D eigenvalue weighted by Gasteiger charge is -2.14. The molecule has 7 heteroatoms. The van der Waals surface area contributed by atoms with Gasteiger partial charge >= 0.3 is 0 Å². The average molecular weight is 605 g/mol. The summed E-state index contributed by atoms with van der Waals surface area (Å²) < 4.78 is 6.10. The molecule has 4 aromatic heterocycles. The van der Waals surface area contributed by atoms with Gasteiger partial charge in [0.1, 0.15) is 16.8 Å². The summed E-state index contributed by atoms with van der Waals surface area (Å²) in [4.78, 5) is 29.4. The fourth-order valence-corrected chi connectivity index (χ4v) is 6.00. The molecule has 0 aliphatic carbocycles. The quantitative estimate of drug-likeness (QED) is 0.193. The van der Waals surface area contributed by atoms with Crippen molar-refractivity contribution in [3.63, 3.8) is 0 Å². The van der Waals surface area contributed by atoms with Gasteiger partial charge in [0.05, 0.1) is 11.9 Å². The van der Waals surface area contributed by atoms with E-state index in [1.165, 1.54) is 0 Å². The number of benzene rings is 5. The van der Waals surface area contributed by atoms with Gasteiger partial charge in [0.15, 0.2) is 17.5 Å². The maximum atomic E-state index is 6.10. The molecule has 0 aliphatic heterocycles. The second kappa shape index (κ2) is 11.1. The molecule has 47 heavy (non-hydrogen) atoms. The van der Waals surface area contributed by atoms with Crippen LogP contribution < -0.4 is 0 Å². The predicted molar refractivity (Wildman–Crippen MR) is 185 cm³/mol. The highest BCUT2D eigenvalue weighted by atomic mass is 16.3. The monoisotopic (exact) mass is 604 g/mol. The molecule has 0 saturated heterocycles. The van der Waals surface area contributed by atoms with Crippen molar-refractivity contribution in [3.8, 4) is 56.7 Å². The minimum atomic E-state index is 0.477. The van der Waals surface area contributed by atoms with Crippen molar-refractivity contribution in [2.24, 2.45) is 0 Å². The molecule has 0 aliphatic rings. The van der Waals surface area contributed by atoms with Gasteiger partial charge in [0, 0.05) is 39.2 Å². The van der Waals surface area contributed by atoms with E-state index >= 15 is 0 Å². The summed E-state index contributed by atoms with van der Waals surface area (Å²) in [7, 11) is 0. The highest BCUT2D eigenvalue weighted by Gasteiger charge is 2.19. The van der Waals surface area contributed by atoms with Crippen LogP contribution in [0.4, 0.5) is 0 Å². The van der Waals surface area contributed by atoms with Crippen LogP contribution in [0.3, 0.4) is 0 Å². The van der Waals surface area contributed by atoms with Gasteiger partial charge in [-0.05, 0) is 29.1 Å². The molecule has 0 spiro atoms. The summed E-state index contributed by atoms with van der Waals surface area (Å²) in [6.07, 6.45) is 3.66. The molecule has 0 unspecified atom stereocenters. The van der Waals surface area contributed by atoms with E-state index in [0.717, 1.165) is 55.1 Å². The van der Waals surface area contributed by atoms with Crippen LogP contribution in [0.15, 0.2) is 150 Å². The van der Waals surface area contributed by atoms with E-state index in [1.807, 2.05) is 115 Å². The summed E-state index contributed by atoms with van der Waals surface area (Å²) >= 11 is 0. The summed E-state index contributed by atoms with van der Waals surface area (Å²) in [5.41, 5.74) is 7.89. The summed E-state index contributed by atoms with van der Waals surface area (Å²) in [6.45, 7) is 0. The van der Waals surface area contributed by atoms with E-state index in [4.69, 9.17) is 34.3 Å². The Morgan fingerprint density at radius 3 is 1.79 bits per heavy atom. The van der Waals surface area contributed by atoms with Crippen molar-refractivity contribution in [1.82, 2.24) is 29.9 Å². The van der Waals surface area contributed by atoms with Gasteiger partial charge in [-0.1, -0.05) is 115 Å². The van der Waals surface area contributed by atoms with Crippen LogP contribution in [-0.2, 0) is 0 Å². The second-order valence-corrected chi connectivity index (χ2v) is 11.2. The highest BCUT2D eigenvalue weighted by molar-refractivity contribution is 6.04. The summed E-state index contributed by atoms with van der Waals surface area (Å²) in [5.74, 6) is 1.81. The lowest BCUT2D eigenvalue weighted by Crippen LogP contribution is -2.00. The first-order valence-corrected chi connectivity index (χ1v) is 15.3. The smallest absolute Gasteiger partial charge is 0.246 e. The van der Waals surface area contributed by atoms with Gasteiger partial charge in [0.2, 0.25) is 5.71 Å². The Morgan fingerprint density at radius 1 is 0.447 bits per heavy atom. The molecule has 9 rings (SSSR count). The van der Waals surface area contributed by atoms with Crippen molar-refractivity contribution < 1.29 is 4.42 Å².